The van der Waals surface area contributed by atoms with Crippen molar-refractivity contribution in [2.24, 2.45) is 11.5 Å². The molecule has 3 heteroatoms. The molecule has 0 aromatic carbocycles. The first-order chi connectivity index (χ1) is 3.56. The first-order valence-electron chi connectivity index (χ1n) is 3.14. The van der Waals surface area contributed by atoms with E-state index >= 15 is 0 Å². The quantitative estimate of drug-likeness (QED) is 0.440. The molecule has 4 N–H and O–H groups in total. The Labute approximate surface area is 79.7 Å². The van der Waals surface area contributed by atoms with Gasteiger partial charge in [0.2, 0.25) is 0 Å². The molecule has 0 aromatic heterocycles. The molecule has 0 rings (SSSR count). The van der Waals surface area contributed by atoms with Crippen molar-refractivity contribution in [2.75, 3.05) is 0 Å². The molecule has 0 saturated heterocycles. The first-order valence-corrected chi connectivity index (χ1v) is 3.14. The molecule has 0 aliphatic rings. The fourth-order valence-electron chi connectivity index (χ4n) is 0.558. The zero-order valence-corrected chi connectivity index (χ0v) is 8.78. The van der Waals surface area contributed by atoms with Crippen LogP contribution in [0.15, 0.2) is 0 Å². The Balaban J connectivity index is 0. The van der Waals surface area contributed by atoms with Crippen LogP contribution in [0.1, 0.15) is 33.1 Å². The van der Waals surface area contributed by atoms with Crippen molar-refractivity contribution in [3.8, 4) is 0 Å². The van der Waals surface area contributed by atoms with Gasteiger partial charge in [-0.15, -0.1) is 0 Å². The zero-order chi connectivity index (χ0) is 6.62. The molecule has 0 amide bonds. The number of rotatable bonds is 3. The van der Waals surface area contributed by atoms with Crippen molar-refractivity contribution in [2.45, 2.75) is 38.8 Å². The molecular formula is C6H16N2Na. The van der Waals surface area contributed by atoms with Crippen molar-refractivity contribution in [1.82, 2.24) is 0 Å². The van der Waals surface area contributed by atoms with E-state index in [2.05, 4.69) is 6.92 Å². The van der Waals surface area contributed by atoms with Crippen molar-refractivity contribution in [1.29, 1.82) is 0 Å². The van der Waals surface area contributed by atoms with Crippen LogP contribution in [0.3, 0.4) is 0 Å². The summed E-state index contributed by atoms with van der Waals surface area (Å²) in [5.41, 5.74) is 10.6. The zero-order valence-electron chi connectivity index (χ0n) is 6.78. The van der Waals surface area contributed by atoms with Crippen LogP contribution in [-0.4, -0.2) is 35.2 Å². The molecule has 0 fully saturated rings. The third kappa shape index (κ3) is 12.2. The Morgan fingerprint density at radius 3 is 1.89 bits per heavy atom. The summed E-state index contributed by atoms with van der Waals surface area (Å²) in [6.45, 7) is 3.98. The third-order valence-electron chi connectivity index (χ3n) is 1.07. The predicted octanol–water partition coefficient (Wildman–Crippen LogP) is 0.429. The Morgan fingerprint density at radius 2 is 1.78 bits per heavy atom. The maximum Gasteiger partial charge on any atom is 0.0607 e. The smallest absolute Gasteiger partial charge is 0.0607 e. The molecule has 0 heterocycles. The summed E-state index contributed by atoms with van der Waals surface area (Å²) in [6, 6.07) is 0. The van der Waals surface area contributed by atoms with Crippen LogP contribution in [0.25, 0.3) is 0 Å². The van der Waals surface area contributed by atoms with E-state index in [-0.39, 0.29) is 29.6 Å². The standard InChI is InChI=1S/C6H16N2.Na/c1-3-4-5-6(2,7)8;/h3-5,7-8H2,1-2H3;. The molecule has 9 heavy (non-hydrogen) atoms. The summed E-state index contributed by atoms with van der Waals surface area (Å²) < 4.78 is 0. The van der Waals surface area contributed by atoms with Gasteiger partial charge in [-0.05, 0) is 13.3 Å². The molecule has 0 unspecified atom stereocenters. The summed E-state index contributed by atoms with van der Waals surface area (Å²) in [6.07, 6.45) is 3.22. The van der Waals surface area contributed by atoms with Crippen LogP contribution in [-0.2, 0) is 0 Å². The number of unbranched alkanes of at least 4 members (excludes halogenated alkanes) is 1. The molecule has 0 spiro atoms. The van der Waals surface area contributed by atoms with E-state index < -0.39 is 5.66 Å². The molecule has 0 atom stereocenters. The van der Waals surface area contributed by atoms with E-state index in [1.165, 1.54) is 6.42 Å². The molecule has 0 aromatic rings. The van der Waals surface area contributed by atoms with E-state index in [1.54, 1.807) is 0 Å². The van der Waals surface area contributed by atoms with Crippen molar-refractivity contribution < 1.29 is 0 Å². The van der Waals surface area contributed by atoms with Gasteiger partial charge in [-0.2, -0.15) is 0 Å². The Kier molecular flexibility index (Phi) is 7.95. The molecule has 0 saturated carbocycles. The fraction of sp³-hybridized carbons (Fsp3) is 1.00. The SMILES string of the molecule is CCCCC(C)(N)N.[Na]. The molecular weight excluding hydrogens is 123 g/mol. The maximum absolute atomic E-state index is 5.50. The van der Waals surface area contributed by atoms with Crippen molar-refractivity contribution >= 4 is 29.6 Å². The Hall–Kier alpha value is 0.920. The second kappa shape index (κ2) is 5.69. The molecule has 2 nitrogen and oxygen atoms in total. The summed E-state index contributed by atoms with van der Waals surface area (Å²) in [5, 5.41) is 0. The van der Waals surface area contributed by atoms with Crippen molar-refractivity contribution in [3.05, 3.63) is 0 Å². The Morgan fingerprint density at radius 1 is 1.33 bits per heavy atom. The Bertz CT molecular complexity index is 58.6. The van der Waals surface area contributed by atoms with E-state index in [4.69, 9.17) is 11.5 Å². The van der Waals surface area contributed by atoms with E-state index in [0.717, 1.165) is 12.8 Å². The van der Waals surface area contributed by atoms with Gasteiger partial charge < -0.3 is 11.5 Å². The maximum atomic E-state index is 5.50. The van der Waals surface area contributed by atoms with Gasteiger partial charge in [0.05, 0.1) is 5.66 Å². The topological polar surface area (TPSA) is 52.0 Å². The van der Waals surface area contributed by atoms with Gasteiger partial charge in [-0.25, -0.2) is 0 Å². The first kappa shape index (κ1) is 12.6. The number of hydrogen-bond donors (Lipinski definition) is 2. The fourth-order valence-corrected chi connectivity index (χ4v) is 0.558. The van der Waals surface area contributed by atoms with Crippen LogP contribution in [0.2, 0.25) is 0 Å². The molecule has 0 aliphatic carbocycles. The average molecular weight is 139 g/mol. The van der Waals surface area contributed by atoms with Gasteiger partial charge in [0.15, 0.2) is 0 Å². The monoisotopic (exact) mass is 139 g/mol. The summed E-state index contributed by atoms with van der Waals surface area (Å²) in [4.78, 5) is 0. The minimum Gasteiger partial charge on any atom is -0.314 e. The van der Waals surface area contributed by atoms with Crippen LogP contribution < -0.4 is 11.5 Å². The minimum absolute atomic E-state index is 0. The second-order valence-electron chi connectivity index (χ2n) is 2.61. The number of nitrogens with two attached hydrogens (primary N) is 2. The summed E-state index contributed by atoms with van der Waals surface area (Å²) in [7, 11) is 0. The molecule has 51 valence electrons. The van der Waals surface area contributed by atoms with Crippen LogP contribution in [0.4, 0.5) is 0 Å². The van der Waals surface area contributed by atoms with Gasteiger partial charge in [0.1, 0.15) is 0 Å². The third-order valence-corrected chi connectivity index (χ3v) is 1.07. The van der Waals surface area contributed by atoms with Gasteiger partial charge in [-0.1, -0.05) is 19.8 Å². The normalized spacial score (nSPS) is 10.7. The minimum atomic E-state index is -0.448. The van der Waals surface area contributed by atoms with E-state index in [0.29, 0.717) is 0 Å². The van der Waals surface area contributed by atoms with E-state index in [9.17, 15) is 0 Å². The predicted molar refractivity (Wildman–Crippen MR) is 42.1 cm³/mol. The largest absolute Gasteiger partial charge is 0.314 e. The average Bonchev–Trinajstić information content (AvgIpc) is 1.59. The molecule has 0 bridgehead atoms. The van der Waals surface area contributed by atoms with Crippen LogP contribution in [0, 0.1) is 0 Å². The van der Waals surface area contributed by atoms with Gasteiger partial charge in [0.25, 0.3) is 0 Å². The summed E-state index contributed by atoms with van der Waals surface area (Å²) >= 11 is 0. The van der Waals surface area contributed by atoms with Gasteiger partial charge in [0, 0.05) is 29.6 Å². The van der Waals surface area contributed by atoms with Crippen LogP contribution >= 0.6 is 0 Å². The van der Waals surface area contributed by atoms with Gasteiger partial charge >= 0.3 is 0 Å². The van der Waals surface area contributed by atoms with E-state index in [1.807, 2.05) is 6.92 Å². The summed E-state index contributed by atoms with van der Waals surface area (Å²) in [5.74, 6) is 0. The molecule has 1 radical (unpaired) electrons. The molecule has 0 aliphatic heterocycles. The van der Waals surface area contributed by atoms with Crippen molar-refractivity contribution in [3.63, 3.8) is 0 Å². The second-order valence-corrected chi connectivity index (χ2v) is 2.61. The number of hydrogen-bond acceptors (Lipinski definition) is 2. The van der Waals surface area contributed by atoms with Crippen LogP contribution in [0.5, 0.6) is 0 Å². The van der Waals surface area contributed by atoms with Gasteiger partial charge in [-0.3, -0.25) is 0 Å².